The van der Waals surface area contributed by atoms with Gasteiger partial charge in [-0.1, -0.05) is 13.3 Å². The Hall–Kier alpha value is -3.16. The zero-order valence-electron chi connectivity index (χ0n) is 20.3. The van der Waals surface area contributed by atoms with Crippen molar-refractivity contribution in [2.75, 3.05) is 39.8 Å². The highest BCUT2D eigenvalue weighted by Crippen LogP contribution is 2.34. The summed E-state index contributed by atoms with van der Waals surface area (Å²) in [4.78, 5) is 31.3. The lowest BCUT2D eigenvalue weighted by Gasteiger charge is -2.31. The van der Waals surface area contributed by atoms with E-state index in [-0.39, 0.29) is 39.7 Å². The SMILES string of the molecule is CCCc1nn(C)c2c(=O)nc(-c3cc(S(=O)(=O)N4CCN(C)CC4)ccc3OCC)n(N=O)c12. The molecule has 0 N–H and O–H groups in total. The van der Waals surface area contributed by atoms with Gasteiger partial charge in [-0.3, -0.25) is 9.48 Å². The van der Waals surface area contributed by atoms with Gasteiger partial charge in [-0.15, -0.1) is 4.91 Å². The second kappa shape index (κ2) is 9.84. The molecular weight excluding hydrogens is 474 g/mol. The Bertz CT molecular complexity index is 1420. The molecule has 2 aromatic heterocycles. The largest absolute Gasteiger partial charge is 0.493 e. The number of ether oxygens (including phenoxy) is 1. The van der Waals surface area contributed by atoms with Gasteiger partial charge in [-0.05, 0) is 38.6 Å². The number of nitroso groups, excluding NO2 is 1. The topological polar surface area (TPSA) is 132 Å². The fourth-order valence-electron chi connectivity index (χ4n) is 4.30. The first kappa shape index (κ1) is 24.9. The predicted octanol–water partition coefficient (Wildman–Crippen LogP) is 1.61. The fourth-order valence-corrected chi connectivity index (χ4v) is 5.74. The molecular formula is C22H29N7O5S. The third-order valence-corrected chi connectivity index (χ3v) is 7.97. The lowest BCUT2D eigenvalue weighted by Crippen LogP contribution is -2.47. The van der Waals surface area contributed by atoms with E-state index in [0.717, 1.165) is 11.1 Å². The van der Waals surface area contributed by atoms with E-state index < -0.39 is 15.6 Å². The first-order chi connectivity index (χ1) is 16.7. The molecule has 3 aromatic rings. The molecule has 0 bridgehead atoms. The van der Waals surface area contributed by atoms with E-state index in [2.05, 4.69) is 20.3 Å². The van der Waals surface area contributed by atoms with Gasteiger partial charge in [0, 0.05) is 33.2 Å². The number of hydrogen-bond acceptors (Lipinski definition) is 9. The van der Waals surface area contributed by atoms with Crippen molar-refractivity contribution in [2.24, 2.45) is 12.3 Å². The minimum Gasteiger partial charge on any atom is -0.493 e. The minimum absolute atomic E-state index is 0.0206. The normalized spacial score (nSPS) is 15.5. The van der Waals surface area contributed by atoms with Crippen LogP contribution in [0.4, 0.5) is 0 Å². The van der Waals surface area contributed by atoms with Crippen molar-refractivity contribution in [2.45, 2.75) is 31.6 Å². The van der Waals surface area contributed by atoms with E-state index in [4.69, 9.17) is 4.74 Å². The maximum Gasteiger partial charge on any atom is 0.299 e. The van der Waals surface area contributed by atoms with Gasteiger partial charge in [0.05, 0.1) is 28.0 Å². The van der Waals surface area contributed by atoms with E-state index in [1.807, 2.05) is 14.0 Å². The molecule has 1 fully saturated rings. The van der Waals surface area contributed by atoms with Crippen LogP contribution in [0.1, 0.15) is 26.0 Å². The Balaban J connectivity index is 1.95. The van der Waals surface area contributed by atoms with Gasteiger partial charge in [-0.2, -0.15) is 19.1 Å². The Morgan fingerprint density at radius 2 is 1.80 bits per heavy atom. The number of nitrogens with zero attached hydrogens (tertiary/aromatic N) is 7. The van der Waals surface area contributed by atoms with Crippen LogP contribution in [0.15, 0.2) is 33.2 Å². The summed E-state index contributed by atoms with van der Waals surface area (Å²) in [5, 5.41) is 7.54. The second-order valence-electron chi connectivity index (χ2n) is 8.45. The number of rotatable bonds is 8. The molecule has 0 radical (unpaired) electrons. The Kier molecular flexibility index (Phi) is 7.01. The molecule has 188 valence electrons. The minimum atomic E-state index is -3.82. The molecule has 4 rings (SSSR count). The molecule has 1 aliphatic heterocycles. The maximum absolute atomic E-state index is 13.4. The molecule has 0 atom stereocenters. The summed E-state index contributed by atoms with van der Waals surface area (Å²) < 4.78 is 36.3. The molecule has 0 unspecified atom stereocenters. The first-order valence-electron chi connectivity index (χ1n) is 11.5. The highest BCUT2D eigenvalue weighted by molar-refractivity contribution is 7.89. The van der Waals surface area contributed by atoms with E-state index in [1.54, 1.807) is 14.0 Å². The average molecular weight is 504 g/mol. The summed E-state index contributed by atoms with van der Waals surface area (Å²) in [7, 11) is -0.274. The molecule has 0 amide bonds. The van der Waals surface area contributed by atoms with Gasteiger partial charge in [0.2, 0.25) is 10.0 Å². The van der Waals surface area contributed by atoms with Gasteiger partial charge in [0.15, 0.2) is 11.3 Å². The molecule has 0 spiro atoms. The molecule has 1 saturated heterocycles. The number of benzene rings is 1. The van der Waals surface area contributed by atoms with Crippen molar-refractivity contribution >= 4 is 21.1 Å². The molecule has 1 aliphatic rings. The van der Waals surface area contributed by atoms with Crippen molar-refractivity contribution in [3.05, 3.63) is 39.2 Å². The van der Waals surface area contributed by atoms with Gasteiger partial charge >= 0.3 is 0 Å². The van der Waals surface area contributed by atoms with Crippen LogP contribution in [0.2, 0.25) is 0 Å². The highest BCUT2D eigenvalue weighted by atomic mass is 32.2. The lowest BCUT2D eigenvalue weighted by molar-refractivity contribution is 0.222. The van der Waals surface area contributed by atoms with Gasteiger partial charge in [0.25, 0.3) is 5.56 Å². The van der Waals surface area contributed by atoms with Crippen LogP contribution in [0.25, 0.3) is 22.4 Å². The summed E-state index contributed by atoms with van der Waals surface area (Å²) in [5.74, 6) is 0.191. The number of hydrogen-bond donors (Lipinski definition) is 0. The van der Waals surface area contributed by atoms with Crippen LogP contribution in [-0.4, -0.2) is 76.9 Å². The highest BCUT2D eigenvalue weighted by Gasteiger charge is 2.30. The van der Waals surface area contributed by atoms with Crippen LogP contribution < -0.4 is 10.3 Å². The van der Waals surface area contributed by atoms with Crippen LogP contribution >= 0.6 is 0 Å². The summed E-state index contributed by atoms with van der Waals surface area (Å²) in [6, 6.07) is 4.37. The summed E-state index contributed by atoms with van der Waals surface area (Å²) in [6.45, 7) is 5.99. The summed E-state index contributed by atoms with van der Waals surface area (Å²) in [6.07, 6.45) is 1.26. The molecule has 35 heavy (non-hydrogen) atoms. The number of aromatic nitrogens is 4. The van der Waals surface area contributed by atoms with Gasteiger partial charge in [0.1, 0.15) is 11.3 Å². The van der Waals surface area contributed by atoms with Crippen molar-refractivity contribution in [1.82, 2.24) is 28.6 Å². The summed E-state index contributed by atoms with van der Waals surface area (Å²) in [5.41, 5.74) is 0.531. The number of likely N-dealkylation sites (N-methyl/N-ethyl adjacent to an activating group) is 1. The van der Waals surface area contributed by atoms with Crippen LogP contribution in [0.5, 0.6) is 5.75 Å². The third-order valence-electron chi connectivity index (χ3n) is 6.07. The van der Waals surface area contributed by atoms with E-state index >= 15 is 0 Å². The van der Waals surface area contributed by atoms with Crippen molar-refractivity contribution in [1.29, 1.82) is 0 Å². The zero-order chi connectivity index (χ0) is 25.3. The van der Waals surface area contributed by atoms with Gasteiger partial charge < -0.3 is 9.64 Å². The summed E-state index contributed by atoms with van der Waals surface area (Å²) >= 11 is 0. The number of aryl methyl sites for hydroxylation is 2. The molecule has 1 aromatic carbocycles. The zero-order valence-corrected chi connectivity index (χ0v) is 21.1. The number of sulfonamides is 1. The maximum atomic E-state index is 13.4. The van der Waals surface area contributed by atoms with Crippen LogP contribution in [-0.2, 0) is 23.5 Å². The predicted molar refractivity (Wildman–Crippen MR) is 131 cm³/mol. The molecule has 0 saturated carbocycles. The first-order valence-corrected chi connectivity index (χ1v) is 12.9. The van der Waals surface area contributed by atoms with Gasteiger partial charge in [-0.25, -0.2) is 8.42 Å². The Morgan fingerprint density at radius 3 is 2.43 bits per heavy atom. The number of piperazine rings is 1. The van der Waals surface area contributed by atoms with E-state index in [1.165, 1.54) is 27.2 Å². The average Bonchev–Trinajstić information content (AvgIpc) is 3.16. The number of fused-ring (bicyclic) bond motifs is 1. The van der Waals surface area contributed by atoms with Crippen LogP contribution in [0, 0.1) is 4.91 Å². The Labute approximate surface area is 203 Å². The van der Waals surface area contributed by atoms with E-state index in [9.17, 15) is 18.1 Å². The molecule has 12 nitrogen and oxygen atoms in total. The third kappa shape index (κ3) is 4.46. The monoisotopic (exact) mass is 503 g/mol. The van der Waals surface area contributed by atoms with Crippen molar-refractivity contribution in [3.63, 3.8) is 0 Å². The molecule has 3 heterocycles. The smallest absolute Gasteiger partial charge is 0.299 e. The quantitative estimate of drug-likeness (QED) is 0.424. The van der Waals surface area contributed by atoms with E-state index in [0.29, 0.717) is 38.3 Å². The van der Waals surface area contributed by atoms with Crippen molar-refractivity contribution in [3.8, 4) is 17.1 Å². The fraction of sp³-hybridized carbons (Fsp3) is 0.500. The Morgan fingerprint density at radius 1 is 1.09 bits per heavy atom. The molecule has 0 aliphatic carbocycles. The van der Waals surface area contributed by atoms with Crippen molar-refractivity contribution < 1.29 is 13.2 Å². The van der Waals surface area contributed by atoms with Crippen LogP contribution in [0.3, 0.4) is 0 Å². The standard InChI is InChI=1S/C22H29N7O5S/c1-5-7-17-19-20(27(4)24-17)22(30)23-21(29(19)25-31)16-14-15(8-9-18(16)34-6-2)35(32,33)28-12-10-26(3)11-13-28/h8-9,14H,5-7,10-13H2,1-4H3. The lowest BCUT2D eigenvalue weighted by atomic mass is 10.1. The molecule has 13 heteroatoms. The second-order valence-corrected chi connectivity index (χ2v) is 10.4.